The molecule has 0 spiro atoms. The van der Waals surface area contributed by atoms with Crippen LogP contribution in [-0.4, -0.2) is 22.4 Å². The monoisotopic (exact) mass is 258 g/mol. The molecule has 110 valence electrons. The first-order chi connectivity index (χ1) is 8.72. The fraction of sp³-hybridized carbons (Fsp3) is 1.00. The van der Waals surface area contributed by atoms with E-state index in [-0.39, 0.29) is 0 Å². The van der Waals surface area contributed by atoms with Crippen molar-refractivity contribution in [2.75, 3.05) is 0 Å². The van der Waals surface area contributed by atoms with Gasteiger partial charge in [-0.15, -0.1) is 0 Å². The molecule has 0 fully saturated rings. The molecule has 0 aliphatic heterocycles. The standard InChI is InChI=1S/C16H34O2/c1-3-5-7-8-9-10-11-12-14-16(18)15(17)13-6-4-2/h15-18H,3-14H2,1-2H3/t15-,16-/m1/s1. The Balaban J connectivity index is 3.26. The molecule has 0 aromatic rings. The van der Waals surface area contributed by atoms with Gasteiger partial charge in [0.2, 0.25) is 0 Å². The summed E-state index contributed by atoms with van der Waals surface area (Å²) in [5.74, 6) is 0. The Morgan fingerprint density at radius 3 is 1.44 bits per heavy atom. The van der Waals surface area contributed by atoms with E-state index in [1.807, 2.05) is 0 Å². The normalized spacial score (nSPS) is 14.7. The fourth-order valence-corrected chi connectivity index (χ4v) is 2.29. The van der Waals surface area contributed by atoms with Crippen molar-refractivity contribution >= 4 is 0 Å². The van der Waals surface area contributed by atoms with Gasteiger partial charge in [-0.2, -0.15) is 0 Å². The second-order valence-corrected chi connectivity index (χ2v) is 5.54. The van der Waals surface area contributed by atoms with E-state index < -0.39 is 12.2 Å². The van der Waals surface area contributed by atoms with E-state index in [4.69, 9.17) is 0 Å². The van der Waals surface area contributed by atoms with Gasteiger partial charge in [-0.3, -0.25) is 0 Å². The molecule has 2 N–H and O–H groups in total. The van der Waals surface area contributed by atoms with Crippen LogP contribution in [0, 0.1) is 0 Å². The van der Waals surface area contributed by atoms with Crippen LogP contribution in [0.1, 0.15) is 90.9 Å². The topological polar surface area (TPSA) is 40.5 Å². The third kappa shape index (κ3) is 11.0. The van der Waals surface area contributed by atoms with Gasteiger partial charge in [0, 0.05) is 0 Å². The molecule has 0 amide bonds. The van der Waals surface area contributed by atoms with Crippen LogP contribution in [0.25, 0.3) is 0 Å². The molecule has 0 unspecified atom stereocenters. The zero-order valence-corrected chi connectivity index (χ0v) is 12.5. The van der Waals surface area contributed by atoms with E-state index in [1.54, 1.807) is 0 Å². The van der Waals surface area contributed by atoms with Crippen LogP contribution >= 0.6 is 0 Å². The van der Waals surface area contributed by atoms with Crippen molar-refractivity contribution in [2.45, 2.75) is 103 Å². The quantitative estimate of drug-likeness (QED) is 0.480. The highest BCUT2D eigenvalue weighted by molar-refractivity contribution is 4.67. The minimum atomic E-state index is -0.505. The van der Waals surface area contributed by atoms with Crippen LogP contribution in [0.4, 0.5) is 0 Å². The second kappa shape index (κ2) is 13.4. The second-order valence-electron chi connectivity index (χ2n) is 5.54. The average molecular weight is 258 g/mol. The van der Waals surface area contributed by atoms with Crippen molar-refractivity contribution < 1.29 is 10.2 Å². The lowest BCUT2D eigenvalue weighted by Gasteiger charge is -2.17. The van der Waals surface area contributed by atoms with Crippen molar-refractivity contribution in [3.05, 3.63) is 0 Å². The number of hydrogen-bond acceptors (Lipinski definition) is 2. The Morgan fingerprint density at radius 1 is 0.556 bits per heavy atom. The first kappa shape index (κ1) is 17.9. The van der Waals surface area contributed by atoms with Gasteiger partial charge >= 0.3 is 0 Å². The first-order valence-electron chi connectivity index (χ1n) is 8.08. The Hall–Kier alpha value is -0.0800. The predicted molar refractivity (Wildman–Crippen MR) is 78.8 cm³/mol. The molecule has 2 nitrogen and oxygen atoms in total. The summed E-state index contributed by atoms with van der Waals surface area (Å²) in [6, 6.07) is 0. The van der Waals surface area contributed by atoms with E-state index in [0.717, 1.165) is 32.1 Å². The van der Waals surface area contributed by atoms with Gasteiger partial charge in [0.1, 0.15) is 0 Å². The van der Waals surface area contributed by atoms with Gasteiger partial charge in [-0.1, -0.05) is 78.1 Å². The number of hydrogen-bond donors (Lipinski definition) is 2. The molecule has 0 rings (SSSR count). The third-order valence-electron chi connectivity index (χ3n) is 3.65. The highest BCUT2D eigenvalue weighted by atomic mass is 16.3. The summed E-state index contributed by atoms with van der Waals surface area (Å²) in [5.41, 5.74) is 0. The molecular weight excluding hydrogens is 224 g/mol. The molecule has 0 saturated carbocycles. The Bertz CT molecular complexity index is 159. The Morgan fingerprint density at radius 2 is 0.944 bits per heavy atom. The first-order valence-corrected chi connectivity index (χ1v) is 8.08. The zero-order chi connectivity index (χ0) is 13.6. The fourth-order valence-electron chi connectivity index (χ4n) is 2.29. The van der Waals surface area contributed by atoms with Crippen LogP contribution in [0.5, 0.6) is 0 Å². The Kier molecular flexibility index (Phi) is 13.3. The van der Waals surface area contributed by atoms with Crippen molar-refractivity contribution in [3.8, 4) is 0 Å². The molecular formula is C16H34O2. The largest absolute Gasteiger partial charge is 0.390 e. The minimum absolute atomic E-state index is 0.503. The number of rotatable bonds is 13. The summed E-state index contributed by atoms with van der Waals surface area (Å²) in [6.45, 7) is 4.35. The van der Waals surface area contributed by atoms with E-state index in [2.05, 4.69) is 13.8 Å². The SMILES string of the molecule is CCCCCCCCCC[C@@H](O)[C@H](O)CCCC. The van der Waals surface area contributed by atoms with Gasteiger partial charge in [0.15, 0.2) is 0 Å². The molecule has 0 heterocycles. The van der Waals surface area contributed by atoms with Gasteiger partial charge in [-0.05, 0) is 12.8 Å². The van der Waals surface area contributed by atoms with Crippen molar-refractivity contribution in [3.63, 3.8) is 0 Å². The summed E-state index contributed by atoms with van der Waals surface area (Å²) < 4.78 is 0. The average Bonchev–Trinajstić information content (AvgIpc) is 2.38. The molecule has 0 aromatic heterocycles. The van der Waals surface area contributed by atoms with Crippen molar-refractivity contribution in [1.29, 1.82) is 0 Å². The lowest BCUT2D eigenvalue weighted by Crippen LogP contribution is -2.25. The summed E-state index contributed by atoms with van der Waals surface area (Å²) in [7, 11) is 0. The molecule has 0 aromatic carbocycles. The molecule has 18 heavy (non-hydrogen) atoms. The molecule has 0 aliphatic carbocycles. The minimum Gasteiger partial charge on any atom is -0.390 e. The van der Waals surface area contributed by atoms with Gasteiger partial charge in [-0.25, -0.2) is 0 Å². The van der Waals surface area contributed by atoms with Crippen molar-refractivity contribution in [1.82, 2.24) is 0 Å². The molecule has 0 bridgehead atoms. The highest BCUT2D eigenvalue weighted by Crippen LogP contribution is 2.14. The molecule has 0 aliphatic rings. The summed E-state index contributed by atoms with van der Waals surface area (Å²) in [5, 5.41) is 19.5. The molecule has 0 radical (unpaired) electrons. The van der Waals surface area contributed by atoms with Crippen LogP contribution in [0.3, 0.4) is 0 Å². The van der Waals surface area contributed by atoms with Crippen molar-refractivity contribution in [2.24, 2.45) is 0 Å². The summed E-state index contributed by atoms with van der Waals surface area (Å²) in [4.78, 5) is 0. The third-order valence-corrected chi connectivity index (χ3v) is 3.65. The number of aliphatic hydroxyl groups excluding tert-OH is 2. The Labute approximate surface area is 114 Å². The smallest absolute Gasteiger partial charge is 0.0799 e. The number of unbranched alkanes of at least 4 members (excludes halogenated alkanes) is 8. The lowest BCUT2D eigenvalue weighted by atomic mass is 10.0. The van der Waals surface area contributed by atoms with E-state index in [9.17, 15) is 10.2 Å². The summed E-state index contributed by atoms with van der Waals surface area (Å²) >= 11 is 0. The maximum atomic E-state index is 9.77. The van der Waals surface area contributed by atoms with Crippen LogP contribution in [0.15, 0.2) is 0 Å². The van der Waals surface area contributed by atoms with Gasteiger partial charge < -0.3 is 10.2 Å². The van der Waals surface area contributed by atoms with E-state index >= 15 is 0 Å². The summed E-state index contributed by atoms with van der Waals surface area (Å²) in [6.07, 6.45) is 12.9. The number of aliphatic hydroxyl groups is 2. The zero-order valence-electron chi connectivity index (χ0n) is 12.5. The highest BCUT2D eigenvalue weighted by Gasteiger charge is 2.14. The molecule has 0 saturated heterocycles. The van der Waals surface area contributed by atoms with E-state index in [1.165, 1.54) is 44.9 Å². The predicted octanol–water partition coefficient (Wildman–Crippen LogP) is 4.43. The van der Waals surface area contributed by atoms with Gasteiger partial charge in [0.05, 0.1) is 12.2 Å². The van der Waals surface area contributed by atoms with Crippen LogP contribution in [-0.2, 0) is 0 Å². The maximum absolute atomic E-state index is 9.77. The molecule has 2 atom stereocenters. The molecule has 2 heteroatoms. The lowest BCUT2D eigenvalue weighted by molar-refractivity contribution is 0.00738. The van der Waals surface area contributed by atoms with Crippen LogP contribution < -0.4 is 0 Å². The van der Waals surface area contributed by atoms with Gasteiger partial charge in [0.25, 0.3) is 0 Å². The van der Waals surface area contributed by atoms with Crippen LogP contribution in [0.2, 0.25) is 0 Å². The maximum Gasteiger partial charge on any atom is 0.0799 e. The van der Waals surface area contributed by atoms with E-state index in [0.29, 0.717) is 0 Å².